The topological polar surface area (TPSA) is 40.5 Å². The first kappa shape index (κ1) is 19.3. The van der Waals surface area contributed by atoms with Gasteiger partial charge in [0.15, 0.2) is 6.61 Å². The monoisotopic (exact) mass is 367 g/mol. The third-order valence-electron chi connectivity index (χ3n) is 5.06. The van der Waals surface area contributed by atoms with E-state index >= 15 is 0 Å². The van der Waals surface area contributed by atoms with E-state index in [9.17, 15) is 4.79 Å². The van der Waals surface area contributed by atoms with Gasteiger partial charge >= 0.3 is 5.97 Å². The number of fused-ring (bicyclic) bond motifs is 3. The fraction of sp³-hybridized carbons (Fsp3) is 0.435. The van der Waals surface area contributed by atoms with Crippen LogP contribution in [0.1, 0.15) is 45.4 Å². The number of carbonyl (C=O) groups excluding carboxylic acids is 1. The Kier molecular flexibility index (Phi) is 6.74. The number of aryl methyl sites for hydroxylation is 1. The summed E-state index contributed by atoms with van der Waals surface area (Å²) in [5, 5.41) is 2.49. The van der Waals surface area contributed by atoms with E-state index in [-0.39, 0.29) is 12.6 Å². The van der Waals surface area contributed by atoms with Gasteiger partial charge in [0, 0.05) is 28.9 Å². The maximum atomic E-state index is 11.4. The largest absolute Gasteiger partial charge is 0.482 e. The number of esters is 1. The van der Waals surface area contributed by atoms with Gasteiger partial charge in [-0.15, -0.1) is 0 Å². The predicted molar refractivity (Wildman–Crippen MR) is 110 cm³/mol. The third-order valence-corrected chi connectivity index (χ3v) is 5.06. The molecule has 0 atom stereocenters. The smallest absolute Gasteiger partial charge is 0.343 e. The van der Waals surface area contributed by atoms with Crippen LogP contribution >= 0.6 is 0 Å². The highest BCUT2D eigenvalue weighted by atomic mass is 16.6. The van der Waals surface area contributed by atoms with Crippen LogP contribution in [0.4, 0.5) is 0 Å². The average Bonchev–Trinajstić information content (AvgIpc) is 3.02. The molecular formula is C23H29NO3. The molecule has 3 aromatic rings. The summed E-state index contributed by atoms with van der Waals surface area (Å²) in [6, 6.07) is 14.6. The van der Waals surface area contributed by atoms with Crippen molar-refractivity contribution in [3.05, 3.63) is 42.5 Å². The Morgan fingerprint density at radius 3 is 2.48 bits per heavy atom. The highest BCUT2D eigenvalue weighted by molar-refractivity contribution is 6.08. The summed E-state index contributed by atoms with van der Waals surface area (Å²) in [4.78, 5) is 11.4. The number of carbonyl (C=O) groups is 1. The SMILES string of the molecule is CCCCCCCCn1c2ccccc2c2ccc(OCC(=O)OC)cc21. The maximum Gasteiger partial charge on any atom is 0.343 e. The van der Waals surface area contributed by atoms with Crippen LogP contribution in [0.5, 0.6) is 5.75 Å². The minimum Gasteiger partial charge on any atom is -0.482 e. The molecule has 3 rings (SSSR count). The van der Waals surface area contributed by atoms with Crippen LogP contribution in [0, 0.1) is 0 Å². The van der Waals surface area contributed by atoms with Crippen molar-refractivity contribution in [2.45, 2.75) is 52.0 Å². The van der Waals surface area contributed by atoms with Crippen molar-refractivity contribution in [1.82, 2.24) is 4.57 Å². The molecule has 0 spiro atoms. The molecule has 0 aliphatic carbocycles. The van der Waals surface area contributed by atoms with Gasteiger partial charge in [0.05, 0.1) is 12.6 Å². The summed E-state index contributed by atoms with van der Waals surface area (Å²) in [5.41, 5.74) is 2.42. The van der Waals surface area contributed by atoms with Crippen molar-refractivity contribution < 1.29 is 14.3 Å². The van der Waals surface area contributed by atoms with Gasteiger partial charge in [-0.25, -0.2) is 4.79 Å². The molecule has 27 heavy (non-hydrogen) atoms. The Balaban J connectivity index is 1.83. The lowest BCUT2D eigenvalue weighted by atomic mass is 10.1. The molecule has 144 valence electrons. The molecule has 0 radical (unpaired) electrons. The quantitative estimate of drug-likeness (QED) is 0.340. The fourth-order valence-electron chi connectivity index (χ4n) is 3.61. The predicted octanol–water partition coefficient (Wildman–Crippen LogP) is 5.71. The minimum atomic E-state index is -0.372. The Hall–Kier alpha value is -2.49. The number of ether oxygens (including phenoxy) is 2. The van der Waals surface area contributed by atoms with Crippen molar-refractivity contribution in [1.29, 1.82) is 0 Å². The Morgan fingerprint density at radius 1 is 0.926 bits per heavy atom. The van der Waals surface area contributed by atoms with Gasteiger partial charge in [-0.05, 0) is 24.6 Å². The fourth-order valence-corrected chi connectivity index (χ4v) is 3.61. The van der Waals surface area contributed by atoms with Crippen LogP contribution in [-0.4, -0.2) is 24.3 Å². The Labute approximate surface area is 161 Å². The second-order valence-corrected chi connectivity index (χ2v) is 6.98. The van der Waals surface area contributed by atoms with E-state index in [0.29, 0.717) is 5.75 Å². The van der Waals surface area contributed by atoms with Crippen LogP contribution < -0.4 is 4.74 Å². The molecule has 0 fully saturated rings. The molecule has 0 bridgehead atoms. The molecule has 4 heteroatoms. The first-order valence-corrected chi connectivity index (χ1v) is 9.95. The zero-order chi connectivity index (χ0) is 19.1. The van der Waals surface area contributed by atoms with Gasteiger partial charge in [0.1, 0.15) is 5.75 Å². The van der Waals surface area contributed by atoms with Crippen molar-refractivity contribution in [2.24, 2.45) is 0 Å². The summed E-state index contributed by atoms with van der Waals surface area (Å²) in [7, 11) is 1.37. The number of benzene rings is 2. The van der Waals surface area contributed by atoms with Crippen LogP contribution in [0.3, 0.4) is 0 Å². The van der Waals surface area contributed by atoms with Crippen LogP contribution in [0.25, 0.3) is 21.8 Å². The van der Waals surface area contributed by atoms with Gasteiger partial charge in [-0.3, -0.25) is 0 Å². The van der Waals surface area contributed by atoms with E-state index in [1.54, 1.807) is 0 Å². The number of aromatic nitrogens is 1. The number of unbranched alkanes of at least 4 members (excludes halogenated alkanes) is 5. The summed E-state index contributed by atoms with van der Waals surface area (Å²) in [6.07, 6.45) is 7.67. The minimum absolute atomic E-state index is 0.0698. The second kappa shape index (κ2) is 9.45. The number of methoxy groups -OCH3 is 1. The molecule has 0 amide bonds. The Morgan fingerprint density at radius 2 is 1.67 bits per heavy atom. The lowest BCUT2D eigenvalue weighted by Crippen LogP contribution is -2.12. The van der Waals surface area contributed by atoms with Crippen molar-refractivity contribution in [2.75, 3.05) is 13.7 Å². The molecule has 4 nitrogen and oxygen atoms in total. The van der Waals surface area contributed by atoms with Gasteiger partial charge in [0.25, 0.3) is 0 Å². The summed E-state index contributed by atoms with van der Waals surface area (Å²) < 4.78 is 12.6. The summed E-state index contributed by atoms with van der Waals surface area (Å²) >= 11 is 0. The molecule has 0 saturated carbocycles. The van der Waals surface area contributed by atoms with Gasteiger partial charge in [-0.2, -0.15) is 0 Å². The molecule has 0 N–H and O–H groups in total. The van der Waals surface area contributed by atoms with E-state index in [0.717, 1.165) is 12.1 Å². The number of hydrogen-bond acceptors (Lipinski definition) is 3. The molecular weight excluding hydrogens is 338 g/mol. The number of para-hydroxylation sites is 1. The lowest BCUT2D eigenvalue weighted by molar-refractivity contribution is -0.142. The second-order valence-electron chi connectivity index (χ2n) is 6.98. The highest BCUT2D eigenvalue weighted by Gasteiger charge is 2.11. The van der Waals surface area contributed by atoms with E-state index in [2.05, 4.69) is 46.6 Å². The van der Waals surface area contributed by atoms with Crippen molar-refractivity contribution >= 4 is 27.8 Å². The normalized spacial score (nSPS) is 11.2. The van der Waals surface area contributed by atoms with Crippen molar-refractivity contribution in [3.63, 3.8) is 0 Å². The van der Waals surface area contributed by atoms with Gasteiger partial charge < -0.3 is 14.0 Å². The molecule has 2 aromatic carbocycles. The zero-order valence-electron chi connectivity index (χ0n) is 16.4. The molecule has 0 saturated heterocycles. The van der Waals surface area contributed by atoms with E-state index in [1.165, 1.54) is 61.9 Å². The number of nitrogens with zero attached hydrogens (tertiary/aromatic N) is 1. The molecule has 0 aliphatic rings. The average molecular weight is 367 g/mol. The lowest BCUT2D eigenvalue weighted by Gasteiger charge is -2.09. The zero-order valence-corrected chi connectivity index (χ0v) is 16.4. The van der Waals surface area contributed by atoms with Gasteiger partial charge in [0.2, 0.25) is 0 Å². The molecule has 0 unspecified atom stereocenters. The molecule has 0 aliphatic heterocycles. The molecule has 1 heterocycles. The molecule has 1 aromatic heterocycles. The highest BCUT2D eigenvalue weighted by Crippen LogP contribution is 2.32. The standard InChI is InChI=1S/C23H29NO3/c1-3-4-5-6-7-10-15-24-21-12-9-8-11-19(21)20-14-13-18(16-22(20)24)27-17-23(25)26-2/h8-9,11-14,16H,3-7,10,15,17H2,1-2H3. The summed E-state index contributed by atoms with van der Waals surface area (Å²) in [6.45, 7) is 3.17. The van der Waals surface area contributed by atoms with Gasteiger partial charge in [-0.1, -0.05) is 57.2 Å². The van der Waals surface area contributed by atoms with Crippen LogP contribution in [0.15, 0.2) is 42.5 Å². The Bertz CT molecular complexity index is 897. The maximum absolute atomic E-state index is 11.4. The van der Waals surface area contributed by atoms with E-state index in [1.807, 2.05) is 12.1 Å². The summed E-state index contributed by atoms with van der Waals surface area (Å²) in [5.74, 6) is 0.322. The number of hydrogen-bond donors (Lipinski definition) is 0. The van der Waals surface area contributed by atoms with Crippen LogP contribution in [-0.2, 0) is 16.1 Å². The first-order valence-electron chi connectivity index (χ1n) is 9.95. The third kappa shape index (κ3) is 4.62. The van der Waals surface area contributed by atoms with E-state index < -0.39 is 0 Å². The van der Waals surface area contributed by atoms with Crippen molar-refractivity contribution in [3.8, 4) is 5.75 Å². The van der Waals surface area contributed by atoms with E-state index in [4.69, 9.17) is 4.74 Å². The number of rotatable bonds is 10. The van der Waals surface area contributed by atoms with Crippen LogP contribution in [0.2, 0.25) is 0 Å². The first-order chi connectivity index (χ1) is 13.2.